The number of aromatic nitrogens is 3. The largest absolute Gasteiger partial charge is 0.311 e. The first-order valence-electron chi connectivity index (χ1n) is 9.62. The van der Waals surface area contributed by atoms with E-state index in [-0.39, 0.29) is 11.4 Å². The highest BCUT2D eigenvalue weighted by molar-refractivity contribution is 7.89. The molecule has 0 aliphatic heterocycles. The zero-order chi connectivity index (χ0) is 21.0. The van der Waals surface area contributed by atoms with E-state index in [0.29, 0.717) is 11.6 Å². The number of halogens is 1. The molecule has 0 bridgehead atoms. The molecule has 1 N–H and O–H groups in total. The number of hydrogen-bond acceptors (Lipinski definition) is 4. The lowest BCUT2D eigenvalue weighted by Crippen LogP contribution is -2.28. The zero-order valence-corrected chi connectivity index (χ0v) is 17.8. The Morgan fingerprint density at radius 1 is 0.967 bits per heavy atom. The van der Waals surface area contributed by atoms with Crippen LogP contribution < -0.4 is 4.72 Å². The van der Waals surface area contributed by atoms with Crippen LogP contribution in [-0.2, 0) is 29.4 Å². The van der Waals surface area contributed by atoms with Gasteiger partial charge in [0.05, 0.1) is 4.90 Å². The van der Waals surface area contributed by atoms with Crippen LogP contribution in [0.5, 0.6) is 0 Å². The molecule has 0 radical (unpaired) electrons. The Morgan fingerprint density at radius 3 is 2.60 bits per heavy atom. The van der Waals surface area contributed by atoms with Crippen molar-refractivity contribution >= 4 is 32.8 Å². The van der Waals surface area contributed by atoms with Crippen LogP contribution in [0.1, 0.15) is 11.4 Å². The number of nitrogens with one attached hydrogen (secondary N) is 1. The quantitative estimate of drug-likeness (QED) is 0.451. The Labute approximate surface area is 180 Å². The maximum Gasteiger partial charge on any atom is 0.240 e. The molecule has 2 heterocycles. The van der Waals surface area contributed by atoms with Gasteiger partial charge in [-0.25, -0.2) is 23.1 Å². The van der Waals surface area contributed by atoms with Crippen molar-refractivity contribution in [3.05, 3.63) is 89.3 Å². The van der Waals surface area contributed by atoms with E-state index in [9.17, 15) is 8.42 Å². The smallest absolute Gasteiger partial charge is 0.240 e. The van der Waals surface area contributed by atoms with Crippen LogP contribution in [0.15, 0.2) is 77.8 Å². The summed E-state index contributed by atoms with van der Waals surface area (Å²) in [4.78, 5) is 9.31. The maximum atomic E-state index is 12.6. The molecule has 0 unspecified atom stereocenters. The minimum absolute atomic E-state index is 0.146. The van der Waals surface area contributed by atoms with E-state index < -0.39 is 10.0 Å². The number of hydrogen-bond donors (Lipinski definition) is 1. The first-order chi connectivity index (χ1) is 14.5. The fraction of sp³-hybridized carbons (Fsp3) is 0.182. The van der Waals surface area contributed by atoms with Gasteiger partial charge in [-0.1, -0.05) is 48.0 Å². The first kappa shape index (κ1) is 20.5. The van der Waals surface area contributed by atoms with Crippen LogP contribution in [0.3, 0.4) is 0 Å². The molecule has 2 aromatic heterocycles. The number of pyridine rings is 1. The van der Waals surface area contributed by atoms with Gasteiger partial charge in [0.15, 0.2) is 5.65 Å². The van der Waals surface area contributed by atoms with Gasteiger partial charge in [-0.05, 0) is 42.3 Å². The van der Waals surface area contributed by atoms with Crippen LogP contribution in [0.25, 0.3) is 11.2 Å². The monoisotopic (exact) mass is 440 g/mol. The summed E-state index contributed by atoms with van der Waals surface area (Å²) in [7, 11) is -3.65. The minimum atomic E-state index is -3.65. The number of aryl methyl sites for hydroxylation is 2. The molecule has 0 aliphatic carbocycles. The average molecular weight is 441 g/mol. The second-order valence-electron chi connectivity index (χ2n) is 6.87. The van der Waals surface area contributed by atoms with Crippen molar-refractivity contribution in [3.63, 3.8) is 0 Å². The van der Waals surface area contributed by atoms with Gasteiger partial charge in [-0.15, -0.1) is 0 Å². The van der Waals surface area contributed by atoms with E-state index in [0.717, 1.165) is 29.8 Å². The third kappa shape index (κ3) is 4.70. The van der Waals surface area contributed by atoms with Gasteiger partial charge >= 0.3 is 0 Å². The van der Waals surface area contributed by atoms with E-state index in [1.807, 2.05) is 34.9 Å². The molecule has 8 heteroatoms. The Bertz CT molecular complexity index is 1260. The van der Waals surface area contributed by atoms with Crippen molar-refractivity contribution in [3.8, 4) is 0 Å². The average Bonchev–Trinajstić information content (AvgIpc) is 3.10. The van der Waals surface area contributed by atoms with Gasteiger partial charge in [-0.2, -0.15) is 0 Å². The maximum absolute atomic E-state index is 12.6. The number of sulfonamides is 1. The van der Waals surface area contributed by atoms with E-state index >= 15 is 0 Å². The predicted molar refractivity (Wildman–Crippen MR) is 118 cm³/mol. The molecule has 0 saturated heterocycles. The summed E-state index contributed by atoms with van der Waals surface area (Å²) in [5, 5.41) is 0.380. The summed E-state index contributed by atoms with van der Waals surface area (Å²) in [5.74, 6) is 0.884. The molecule has 4 rings (SSSR count). The third-order valence-corrected chi connectivity index (χ3v) is 6.49. The van der Waals surface area contributed by atoms with Gasteiger partial charge < -0.3 is 4.57 Å². The third-order valence-electron chi connectivity index (χ3n) is 4.80. The van der Waals surface area contributed by atoms with Crippen molar-refractivity contribution < 1.29 is 8.42 Å². The fourth-order valence-corrected chi connectivity index (χ4v) is 4.66. The van der Waals surface area contributed by atoms with Crippen LogP contribution >= 0.6 is 11.6 Å². The summed E-state index contributed by atoms with van der Waals surface area (Å²) in [6.45, 7) is 0.645. The Kier molecular flexibility index (Phi) is 6.13. The van der Waals surface area contributed by atoms with Crippen LogP contribution in [0.4, 0.5) is 0 Å². The Hall–Kier alpha value is -2.74. The van der Waals surface area contributed by atoms with Gasteiger partial charge in [0.2, 0.25) is 10.0 Å². The van der Waals surface area contributed by atoms with Crippen molar-refractivity contribution in [2.24, 2.45) is 0 Å². The van der Waals surface area contributed by atoms with Crippen LogP contribution in [0.2, 0.25) is 5.02 Å². The van der Waals surface area contributed by atoms with E-state index in [4.69, 9.17) is 16.6 Å². The molecule has 2 aromatic carbocycles. The molecule has 0 spiro atoms. The summed E-state index contributed by atoms with van der Waals surface area (Å²) >= 11 is 5.92. The van der Waals surface area contributed by atoms with Crippen LogP contribution in [0, 0.1) is 0 Å². The first-order valence-corrected chi connectivity index (χ1v) is 11.5. The molecular formula is C22H21ClN4O2S. The fourth-order valence-electron chi connectivity index (χ4n) is 3.34. The summed E-state index contributed by atoms with van der Waals surface area (Å²) in [5.41, 5.74) is 2.78. The SMILES string of the molecule is O=S(=O)(NCCn1c(CCc2ccccc2)nc2cccnc21)c1cccc(Cl)c1. The Balaban J connectivity index is 1.51. The predicted octanol–water partition coefficient (Wildman–Crippen LogP) is 3.85. The zero-order valence-electron chi connectivity index (χ0n) is 16.2. The molecule has 0 aliphatic rings. The molecular weight excluding hydrogens is 420 g/mol. The standard InChI is InChI=1S/C22H21ClN4O2S/c23-18-8-4-9-19(16-18)30(28,29)25-14-15-27-21(12-11-17-6-2-1-3-7-17)26-20-10-5-13-24-22(20)27/h1-10,13,16,25H,11-12,14-15H2. The van der Waals surface area contributed by atoms with Crippen LogP contribution in [-0.4, -0.2) is 29.5 Å². The minimum Gasteiger partial charge on any atom is -0.311 e. The van der Waals surface area contributed by atoms with Gasteiger partial charge in [-0.3, -0.25) is 0 Å². The number of fused-ring (bicyclic) bond motifs is 1. The summed E-state index contributed by atoms with van der Waals surface area (Å²) in [6.07, 6.45) is 3.30. The lowest BCUT2D eigenvalue weighted by molar-refractivity contribution is 0.570. The molecule has 30 heavy (non-hydrogen) atoms. The molecule has 154 valence electrons. The number of imidazole rings is 1. The lowest BCUT2D eigenvalue weighted by atomic mass is 10.1. The molecule has 0 saturated carbocycles. The lowest BCUT2D eigenvalue weighted by Gasteiger charge is -2.11. The Morgan fingerprint density at radius 2 is 1.80 bits per heavy atom. The summed E-state index contributed by atoms with van der Waals surface area (Å²) < 4.78 is 29.8. The second kappa shape index (κ2) is 8.95. The van der Waals surface area contributed by atoms with E-state index in [1.54, 1.807) is 18.3 Å². The number of nitrogens with zero attached hydrogens (tertiary/aromatic N) is 3. The van der Waals surface area contributed by atoms with E-state index in [1.165, 1.54) is 17.7 Å². The van der Waals surface area contributed by atoms with Gasteiger partial charge in [0.1, 0.15) is 11.3 Å². The number of benzene rings is 2. The van der Waals surface area contributed by atoms with Gasteiger partial charge in [0.25, 0.3) is 0 Å². The molecule has 4 aromatic rings. The van der Waals surface area contributed by atoms with Crippen molar-refractivity contribution in [1.82, 2.24) is 19.3 Å². The molecule has 6 nitrogen and oxygen atoms in total. The molecule has 0 amide bonds. The number of rotatable bonds is 8. The highest BCUT2D eigenvalue weighted by atomic mass is 35.5. The summed E-state index contributed by atoms with van der Waals surface area (Å²) in [6, 6.07) is 20.2. The topological polar surface area (TPSA) is 76.9 Å². The van der Waals surface area contributed by atoms with Crippen molar-refractivity contribution in [2.75, 3.05) is 6.54 Å². The highest BCUT2D eigenvalue weighted by Crippen LogP contribution is 2.17. The van der Waals surface area contributed by atoms with Gasteiger partial charge in [0, 0.05) is 30.7 Å². The molecule has 0 fully saturated rings. The highest BCUT2D eigenvalue weighted by Gasteiger charge is 2.16. The normalized spacial score (nSPS) is 11.8. The van der Waals surface area contributed by atoms with E-state index in [2.05, 4.69) is 21.8 Å². The second-order valence-corrected chi connectivity index (χ2v) is 9.07. The van der Waals surface area contributed by atoms with Crippen molar-refractivity contribution in [1.29, 1.82) is 0 Å². The van der Waals surface area contributed by atoms with Crippen molar-refractivity contribution in [2.45, 2.75) is 24.3 Å². The molecule has 0 atom stereocenters.